The van der Waals surface area contributed by atoms with Crippen molar-refractivity contribution in [3.8, 4) is 0 Å². The van der Waals surface area contributed by atoms with Gasteiger partial charge in [-0.2, -0.15) is 0 Å². The lowest BCUT2D eigenvalue weighted by Gasteiger charge is -2.08. The van der Waals surface area contributed by atoms with E-state index in [1.807, 2.05) is 49.6 Å². The maximum Gasteiger partial charge on any atom is 0.319 e. The fraction of sp³-hybridized carbons (Fsp3) is 0.200. The number of carbonyl (C=O) groups is 2. The van der Waals surface area contributed by atoms with Gasteiger partial charge in [0.2, 0.25) is 5.91 Å². The fourth-order valence-corrected chi connectivity index (χ4v) is 4.11. The summed E-state index contributed by atoms with van der Waals surface area (Å²) in [7, 11) is 0. The smallest absolute Gasteiger partial charge is 0.319 e. The average Bonchev–Trinajstić information content (AvgIpc) is 3.10. The minimum Gasteiger partial charge on any atom is -0.337 e. The van der Waals surface area contributed by atoms with E-state index in [-0.39, 0.29) is 24.9 Å². The summed E-state index contributed by atoms with van der Waals surface area (Å²) < 4.78 is 0.986. The van der Waals surface area contributed by atoms with Crippen molar-refractivity contribution >= 4 is 46.5 Å². The van der Waals surface area contributed by atoms with Crippen LogP contribution >= 0.6 is 23.1 Å². The largest absolute Gasteiger partial charge is 0.337 e. The van der Waals surface area contributed by atoms with Gasteiger partial charge in [0.15, 0.2) is 4.34 Å². The van der Waals surface area contributed by atoms with Crippen molar-refractivity contribution in [3.63, 3.8) is 0 Å². The van der Waals surface area contributed by atoms with Gasteiger partial charge in [-0.25, -0.2) is 14.8 Å². The molecule has 0 saturated heterocycles. The van der Waals surface area contributed by atoms with Crippen LogP contribution in [0.5, 0.6) is 0 Å². The van der Waals surface area contributed by atoms with E-state index in [1.54, 1.807) is 35.4 Å². The molecule has 0 aliphatic heterocycles. The van der Waals surface area contributed by atoms with E-state index in [0.717, 1.165) is 20.5 Å². The molecule has 0 bridgehead atoms. The first-order valence-electron chi connectivity index (χ1n) is 8.95. The third-order valence-corrected chi connectivity index (χ3v) is 5.80. The number of anilines is 2. The number of pyridine rings is 1. The molecule has 3 N–H and O–H groups in total. The standard InChI is InChI=1S/C20H21N5O2S2/c1-13-3-8-17(22-11-13)25-18(26)9-10-21-19(27)24-15-4-6-16(7-5-15)29-20-23-14(2)12-28-20/h3-8,11-12H,9-10H2,1-2H3,(H2,21,24,27)(H,22,25,26). The predicted molar refractivity (Wildman–Crippen MR) is 117 cm³/mol. The highest BCUT2D eigenvalue weighted by atomic mass is 32.2. The lowest BCUT2D eigenvalue weighted by Crippen LogP contribution is -2.31. The predicted octanol–water partition coefficient (Wildman–Crippen LogP) is 4.46. The molecule has 3 aromatic rings. The quantitative estimate of drug-likeness (QED) is 0.517. The van der Waals surface area contributed by atoms with E-state index >= 15 is 0 Å². The first-order valence-corrected chi connectivity index (χ1v) is 10.6. The highest BCUT2D eigenvalue weighted by Gasteiger charge is 2.07. The fourth-order valence-electron chi connectivity index (χ4n) is 2.30. The first kappa shape index (κ1) is 20.8. The Hall–Kier alpha value is -2.91. The summed E-state index contributed by atoms with van der Waals surface area (Å²) >= 11 is 3.19. The Morgan fingerprint density at radius 2 is 1.86 bits per heavy atom. The van der Waals surface area contributed by atoms with Crippen LogP contribution in [0, 0.1) is 13.8 Å². The number of hydrogen-bond donors (Lipinski definition) is 3. The average molecular weight is 428 g/mol. The number of rotatable bonds is 7. The highest BCUT2D eigenvalue weighted by molar-refractivity contribution is 8.01. The van der Waals surface area contributed by atoms with Crippen LogP contribution in [0.2, 0.25) is 0 Å². The molecule has 7 nitrogen and oxygen atoms in total. The lowest BCUT2D eigenvalue weighted by molar-refractivity contribution is -0.116. The summed E-state index contributed by atoms with van der Waals surface area (Å²) in [5, 5.41) is 10.1. The van der Waals surface area contributed by atoms with Gasteiger partial charge in [-0.05, 0) is 49.7 Å². The number of nitrogens with zero attached hydrogens (tertiary/aromatic N) is 2. The van der Waals surface area contributed by atoms with Crippen LogP contribution in [0.4, 0.5) is 16.3 Å². The van der Waals surface area contributed by atoms with Gasteiger partial charge in [-0.15, -0.1) is 11.3 Å². The molecule has 0 atom stereocenters. The van der Waals surface area contributed by atoms with E-state index < -0.39 is 0 Å². The molecule has 9 heteroatoms. The summed E-state index contributed by atoms with van der Waals surface area (Å²) in [5.74, 6) is 0.288. The first-order chi connectivity index (χ1) is 14.0. The Labute approximate surface area is 177 Å². The molecule has 29 heavy (non-hydrogen) atoms. The van der Waals surface area contributed by atoms with E-state index in [4.69, 9.17) is 0 Å². The maximum absolute atomic E-state index is 12.0. The van der Waals surface area contributed by atoms with Crippen molar-refractivity contribution in [2.24, 2.45) is 0 Å². The van der Waals surface area contributed by atoms with Crippen molar-refractivity contribution in [3.05, 3.63) is 59.2 Å². The zero-order valence-electron chi connectivity index (χ0n) is 16.1. The maximum atomic E-state index is 12.0. The molecule has 3 rings (SSSR count). The minimum atomic E-state index is -0.359. The summed E-state index contributed by atoms with van der Waals surface area (Å²) in [5.41, 5.74) is 2.71. The Bertz CT molecular complexity index is 971. The van der Waals surface area contributed by atoms with Gasteiger partial charge in [0.25, 0.3) is 0 Å². The molecule has 0 radical (unpaired) electrons. The number of carbonyl (C=O) groups excluding carboxylic acids is 2. The van der Waals surface area contributed by atoms with Crippen LogP contribution in [0.1, 0.15) is 17.7 Å². The molecule has 150 valence electrons. The van der Waals surface area contributed by atoms with Crippen molar-refractivity contribution in [1.82, 2.24) is 15.3 Å². The molecule has 0 saturated carbocycles. The normalized spacial score (nSPS) is 10.4. The monoisotopic (exact) mass is 427 g/mol. The molecule has 1 aromatic carbocycles. The van der Waals surface area contributed by atoms with Gasteiger partial charge in [-0.1, -0.05) is 17.8 Å². The Kier molecular flexibility index (Phi) is 7.20. The third-order valence-electron chi connectivity index (χ3n) is 3.73. The topological polar surface area (TPSA) is 96.0 Å². The van der Waals surface area contributed by atoms with E-state index in [0.29, 0.717) is 11.5 Å². The van der Waals surface area contributed by atoms with Crippen LogP contribution in [0.15, 0.2) is 57.2 Å². The lowest BCUT2D eigenvalue weighted by atomic mass is 10.3. The number of aromatic nitrogens is 2. The number of aryl methyl sites for hydroxylation is 2. The molecule has 0 unspecified atom stereocenters. The van der Waals surface area contributed by atoms with Gasteiger partial charge in [-0.3, -0.25) is 4.79 Å². The summed E-state index contributed by atoms with van der Waals surface area (Å²) in [6, 6.07) is 10.8. The number of amides is 3. The zero-order valence-corrected chi connectivity index (χ0v) is 17.7. The summed E-state index contributed by atoms with van der Waals surface area (Å²) in [4.78, 5) is 33.5. The highest BCUT2D eigenvalue weighted by Crippen LogP contribution is 2.30. The molecule has 2 heterocycles. The molecule has 0 aliphatic rings. The molecular formula is C20H21N5O2S2. The number of benzene rings is 1. The molecule has 2 aromatic heterocycles. The minimum absolute atomic E-state index is 0.159. The van der Waals surface area contributed by atoms with E-state index in [2.05, 4.69) is 25.9 Å². The van der Waals surface area contributed by atoms with Crippen LogP contribution in [-0.4, -0.2) is 28.5 Å². The molecule has 0 spiro atoms. The van der Waals surface area contributed by atoms with Gasteiger partial charge in [0.1, 0.15) is 5.82 Å². The van der Waals surface area contributed by atoms with Crippen LogP contribution in [0.25, 0.3) is 0 Å². The number of hydrogen-bond acceptors (Lipinski definition) is 6. The third kappa shape index (κ3) is 6.88. The summed E-state index contributed by atoms with van der Waals surface area (Å²) in [6.07, 6.45) is 1.84. The molecule has 0 aliphatic carbocycles. The number of urea groups is 1. The number of thiazole rings is 1. The van der Waals surface area contributed by atoms with Gasteiger partial charge >= 0.3 is 6.03 Å². The van der Waals surface area contributed by atoms with E-state index in [9.17, 15) is 9.59 Å². The van der Waals surface area contributed by atoms with E-state index in [1.165, 1.54) is 0 Å². The van der Waals surface area contributed by atoms with Crippen molar-refractivity contribution in [2.45, 2.75) is 29.5 Å². The molecule has 3 amide bonds. The zero-order chi connectivity index (χ0) is 20.6. The van der Waals surface area contributed by atoms with Crippen molar-refractivity contribution < 1.29 is 9.59 Å². The van der Waals surface area contributed by atoms with Crippen LogP contribution in [0.3, 0.4) is 0 Å². The molecule has 0 fully saturated rings. The van der Waals surface area contributed by atoms with Crippen molar-refractivity contribution in [2.75, 3.05) is 17.2 Å². The Morgan fingerprint density at radius 3 is 2.52 bits per heavy atom. The molecular weight excluding hydrogens is 406 g/mol. The SMILES string of the molecule is Cc1ccc(NC(=O)CCNC(=O)Nc2ccc(Sc3nc(C)cs3)cc2)nc1. The van der Waals surface area contributed by atoms with Crippen LogP contribution < -0.4 is 16.0 Å². The second-order valence-corrected chi connectivity index (χ2v) is 8.46. The second kappa shape index (κ2) is 10.0. The van der Waals surface area contributed by atoms with Gasteiger partial charge in [0, 0.05) is 40.8 Å². The second-order valence-electron chi connectivity index (χ2n) is 6.28. The van der Waals surface area contributed by atoms with Crippen LogP contribution in [-0.2, 0) is 4.79 Å². The Morgan fingerprint density at radius 1 is 1.07 bits per heavy atom. The van der Waals surface area contributed by atoms with Crippen molar-refractivity contribution in [1.29, 1.82) is 0 Å². The van der Waals surface area contributed by atoms with Gasteiger partial charge in [0.05, 0.1) is 0 Å². The summed E-state index contributed by atoms with van der Waals surface area (Å²) in [6.45, 7) is 4.12. The number of nitrogens with one attached hydrogen (secondary N) is 3. The Balaban J connectivity index is 1.38. The van der Waals surface area contributed by atoms with Gasteiger partial charge < -0.3 is 16.0 Å².